The highest BCUT2D eigenvalue weighted by Gasteiger charge is 2.22. The molecule has 2 aromatic carbocycles. The monoisotopic (exact) mass is 379 g/mol. The van der Waals surface area contributed by atoms with E-state index in [1.54, 1.807) is 25.3 Å². The zero-order valence-corrected chi connectivity index (χ0v) is 16.2. The van der Waals surface area contributed by atoms with Crippen molar-refractivity contribution in [3.8, 4) is 5.75 Å². The molecule has 1 saturated heterocycles. The normalized spacial score (nSPS) is 14.9. The molecule has 0 saturated carbocycles. The molecule has 2 amide bonds. The summed E-state index contributed by atoms with van der Waals surface area (Å²) in [6.45, 7) is 3.08. The van der Waals surface area contributed by atoms with Crippen LogP contribution in [0.25, 0.3) is 6.08 Å². The highest BCUT2D eigenvalue weighted by atomic mass is 16.5. The number of amides is 2. The minimum absolute atomic E-state index is 0.0527. The lowest BCUT2D eigenvalue weighted by molar-refractivity contribution is -0.111. The van der Waals surface area contributed by atoms with Gasteiger partial charge in [-0.1, -0.05) is 24.3 Å². The molecule has 6 heteroatoms. The minimum atomic E-state index is -0.283. The largest absolute Gasteiger partial charge is 0.497 e. The Morgan fingerprint density at radius 1 is 1.00 bits per heavy atom. The third kappa shape index (κ3) is 4.98. The van der Waals surface area contributed by atoms with E-state index in [9.17, 15) is 9.59 Å². The van der Waals surface area contributed by atoms with Gasteiger partial charge in [0.1, 0.15) is 5.75 Å². The lowest BCUT2D eigenvalue weighted by atomic mass is 10.1. The Labute approximate surface area is 165 Å². The van der Waals surface area contributed by atoms with Gasteiger partial charge >= 0.3 is 0 Å². The number of nitrogens with zero attached hydrogens (tertiary/aromatic N) is 2. The Balaban J connectivity index is 1.67. The molecule has 2 aromatic rings. The second-order valence-electron chi connectivity index (χ2n) is 6.74. The number of carbonyl (C=O) groups is 2. The van der Waals surface area contributed by atoms with Crippen LogP contribution in [0, 0.1) is 0 Å². The fourth-order valence-electron chi connectivity index (χ4n) is 3.02. The zero-order valence-electron chi connectivity index (χ0n) is 16.2. The molecule has 0 atom stereocenters. The third-order valence-electron chi connectivity index (χ3n) is 4.75. The molecule has 146 valence electrons. The Bertz CT molecular complexity index is 854. The molecular formula is C22H25N3O3. The highest BCUT2D eigenvalue weighted by Crippen LogP contribution is 2.19. The maximum absolute atomic E-state index is 12.9. The van der Waals surface area contributed by atoms with Gasteiger partial charge in [-0.2, -0.15) is 0 Å². The molecule has 0 radical (unpaired) electrons. The number of nitrogens with one attached hydrogen (secondary N) is 1. The average molecular weight is 379 g/mol. The zero-order chi connectivity index (χ0) is 19.9. The summed E-state index contributed by atoms with van der Waals surface area (Å²) in [5.74, 6) is 0.426. The molecular weight excluding hydrogens is 354 g/mol. The number of hydrogen-bond acceptors (Lipinski definition) is 4. The fraction of sp³-hybridized carbons (Fsp3) is 0.273. The minimum Gasteiger partial charge on any atom is -0.497 e. The van der Waals surface area contributed by atoms with Gasteiger partial charge in [0.05, 0.1) is 18.4 Å². The van der Waals surface area contributed by atoms with E-state index in [1.165, 1.54) is 6.08 Å². The van der Waals surface area contributed by atoms with Crippen LogP contribution in [0.5, 0.6) is 5.75 Å². The molecule has 0 bridgehead atoms. The topological polar surface area (TPSA) is 61.9 Å². The number of likely N-dealkylation sites (N-methyl/N-ethyl adjacent to an activating group) is 1. The maximum atomic E-state index is 12.9. The van der Waals surface area contributed by atoms with Crippen LogP contribution in [0.2, 0.25) is 0 Å². The predicted octanol–water partition coefficient (Wildman–Crippen LogP) is 2.73. The predicted molar refractivity (Wildman–Crippen MR) is 111 cm³/mol. The first kappa shape index (κ1) is 19.6. The van der Waals surface area contributed by atoms with E-state index < -0.39 is 0 Å². The number of rotatable bonds is 5. The SMILES string of the molecule is COc1ccc(/C=C/C(=O)Nc2ccccc2C(=O)N2CCN(C)CC2)cc1. The van der Waals surface area contributed by atoms with Gasteiger partial charge in [0.25, 0.3) is 5.91 Å². The van der Waals surface area contributed by atoms with Crippen molar-refractivity contribution in [3.05, 3.63) is 65.7 Å². The number of benzene rings is 2. The van der Waals surface area contributed by atoms with Crippen molar-refractivity contribution >= 4 is 23.6 Å². The summed E-state index contributed by atoms with van der Waals surface area (Å²) in [4.78, 5) is 29.3. The fourth-order valence-corrected chi connectivity index (χ4v) is 3.02. The molecule has 0 aliphatic carbocycles. The lowest BCUT2D eigenvalue weighted by Gasteiger charge is -2.32. The quantitative estimate of drug-likeness (QED) is 0.812. The maximum Gasteiger partial charge on any atom is 0.256 e. The van der Waals surface area contributed by atoms with E-state index in [0.29, 0.717) is 24.3 Å². The molecule has 0 aromatic heterocycles. The van der Waals surface area contributed by atoms with Crippen molar-refractivity contribution in [2.24, 2.45) is 0 Å². The average Bonchev–Trinajstić information content (AvgIpc) is 2.73. The van der Waals surface area contributed by atoms with Crippen LogP contribution < -0.4 is 10.1 Å². The smallest absolute Gasteiger partial charge is 0.256 e. The summed E-state index contributed by atoms with van der Waals surface area (Å²) < 4.78 is 5.12. The van der Waals surface area contributed by atoms with Gasteiger partial charge in [0.15, 0.2) is 0 Å². The van der Waals surface area contributed by atoms with Crippen LogP contribution in [0.15, 0.2) is 54.6 Å². The summed E-state index contributed by atoms with van der Waals surface area (Å²) in [5, 5.41) is 2.82. The Hall–Kier alpha value is -3.12. The summed E-state index contributed by atoms with van der Waals surface area (Å²) >= 11 is 0. The molecule has 1 fully saturated rings. The number of methoxy groups -OCH3 is 1. The van der Waals surface area contributed by atoms with E-state index >= 15 is 0 Å². The van der Waals surface area contributed by atoms with Gasteiger partial charge < -0.3 is 19.9 Å². The van der Waals surface area contributed by atoms with Crippen LogP contribution in [-0.2, 0) is 4.79 Å². The number of anilines is 1. The summed E-state index contributed by atoms with van der Waals surface area (Å²) in [5.41, 5.74) is 1.92. The standard InChI is InChI=1S/C22H25N3O3/c1-24-13-15-25(16-14-24)22(27)19-5-3-4-6-20(19)23-21(26)12-9-17-7-10-18(28-2)11-8-17/h3-12H,13-16H2,1-2H3,(H,23,26)/b12-9+. The van der Waals surface area contributed by atoms with Crippen LogP contribution in [0.4, 0.5) is 5.69 Å². The van der Waals surface area contributed by atoms with E-state index in [4.69, 9.17) is 4.74 Å². The van der Waals surface area contributed by atoms with Crippen molar-refractivity contribution in [3.63, 3.8) is 0 Å². The summed E-state index contributed by atoms with van der Waals surface area (Å²) in [6, 6.07) is 14.5. The third-order valence-corrected chi connectivity index (χ3v) is 4.75. The molecule has 3 rings (SSSR count). The van der Waals surface area contributed by atoms with Crippen LogP contribution in [0.1, 0.15) is 15.9 Å². The van der Waals surface area contributed by atoms with E-state index in [-0.39, 0.29) is 11.8 Å². The summed E-state index contributed by atoms with van der Waals surface area (Å²) in [6.07, 6.45) is 3.18. The number of piperazine rings is 1. The van der Waals surface area contributed by atoms with Gasteiger partial charge in [-0.05, 0) is 43.0 Å². The molecule has 1 N–H and O–H groups in total. The van der Waals surface area contributed by atoms with Crippen LogP contribution in [-0.4, -0.2) is 62.0 Å². The molecule has 6 nitrogen and oxygen atoms in total. The first-order valence-corrected chi connectivity index (χ1v) is 9.27. The molecule has 0 unspecified atom stereocenters. The second-order valence-corrected chi connectivity index (χ2v) is 6.74. The number of hydrogen-bond donors (Lipinski definition) is 1. The van der Waals surface area contributed by atoms with Gasteiger partial charge in [-0.15, -0.1) is 0 Å². The number of carbonyl (C=O) groups excluding carboxylic acids is 2. The van der Waals surface area contributed by atoms with E-state index in [2.05, 4.69) is 10.2 Å². The van der Waals surface area contributed by atoms with Gasteiger partial charge in [0, 0.05) is 32.3 Å². The van der Waals surface area contributed by atoms with Crippen molar-refractivity contribution in [1.82, 2.24) is 9.80 Å². The van der Waals surface area contributed by atoms with Crippen LogP contribution in [0.3, 0.4) is 0 Å². The number of para-hydroxylation sites is 1. The van der Waals surface area contributed by atoms with Crippen molar-refractivity contribution in [2.45, 2.75) is 0 Å². The van der Waals surface area contributed by atoms with Crippen molar-refractivity contribution in [1.29, 1.82) is 0 Å². The molecule has 1 aliphatic heterocycles. The van der Waals surface area contributed by atoms with Crippen molar-refractivity contribution in [2.75, 3.05) is 45.7 Å². The van der Waals surface area contributed by atoms with Crippen molar-refractivity contribution < 1.29 is 14.3 Å². The summed E-state index contributed by atoms with van der Waals surface area (Å²) in [7, 11) is 3.66. The Morgan fingerprint density at radius 2 is 1.68 bits per heavy atom. The molecule has 1 heterocycles. The van der Waals surface area contributed by atoms with E-state index in [0.717, 1.165) is 24.4 Å². The van der Waals surface area contributed by atoms with E-state index in [1.807, 2.05) is 48.3 Å². The second kappa shape index (κ2) is 9.19. The van der Waals surface area contributed by atoms with Crippen LogP contribution >= 0.6 is 0 Å². The lowest BCUT2D eigenvalue weighted by Crippen LogP contribution is -2.47. The highest BCUT2D eigenvalue weighted by molar-refractivity contribution is 6.07. The first-order valence-electron chi connectivity index (χ1n) is 9.27. The Morgan fingerprint density at radius 3 is 2.36 bits per heavy atom. The first-order chi connectivity index (χ1) is 13.6. The number of ether oxygens (including phenoxy) is 1. The molecule has 1 aliphatic rings. The van der Waals surface area contributed by atoms with Gasteiger partial charge in [-0.3, -0.25) is 9.59 Å². The van der Waals surface area contributed by atoms with Gasteiger partial charge in [0.2, 0.25) is 5.91 Å². The van der Waals surface area contributed by atoms with Gasteiger partial charge in [-0.25, -0.2) is 0 Å². The molecule has 0 spiro atoms. The molecule has 28 heavy (non-hydrogen) atoms. The Kier molecular flexibility index (Phi) is 6.45.